The van der Waals surface area contributed by atoms with Crippen LogP contribution in [-0.2, 0) is 10.8 Å². The van der Waals surface area contributed by atoms with Gasteiger partial charge in [0.15, 0.2) is 0 Å². The molecule has 5 heteroatoms. The molecular weight excluding hydrogens is 296 g/mol. The lowest BCUT2D eigenvalue weighted by molar-refractivity contribution is 0.114. The Hall–Kier alpha value is -0.910. The van der Waals surface area contributed by atoms with Crippen molar-refractivity contribution in [1.82, 2.24) is 10.2 Å². The summed E-state index contributed by atoms with van der Waals surface area (Å²) in [5.74, 6) is 0.842. The van der Waals surface area contributed by atoms with Crippen LogP contribution in [-0.4, -0.2) is 53.7 Å². The molecule has 1 N–H and O–H groups in total. The summed E-state index contributed by atoms with van der Waals surface area (Å²) in [7, 11) is -0.932. The van der Waals surface area contributed by atoms with Gasteiger partial charge in [0.1, 0.15) is 12.4 Å². The minimum absolute atomic E-state index is 0.369. The maximum Gasteiger partial charge on any atom is 0.119 e. The fraction of sp³-hybridized carbons (Fsp3) is 0.647. The van der Waals surface area contributed by atoms with E-state index in [9.17, 15) is 4.21 Å². The van der Waals surface area contributed by atoms with Crippen molar-refractivity contribution in [1.29, 1.82) is 0 Å². The summed E-state index contributed by atoms with van der Waals surface area (Å²) >= 11 is 0. The predicted octanol–water partition coefficient (Wildman–Crippen LogP) is 2.27. The maximum atomic E-state index is 11.4. The van der Waals surface area contributed by atoms with Crippen LogP contribution in [0.2, 0.25) is 0 Å². The molecule has 0 spiro atoms. The lowest BCUT2D eigenvalue weighted by Crippen LogP contribution is -2.57. The molecule has 3 atom stereocenters. The van der Waals surface area contributed by atoms with Gasteiger partial charge in [0, 0.05) is 41.1 Å². The number of nitrogens with zero attached hydrogens (tertiary/aromatic N) is 1. The van der Waals surface area contributed by atoms with Crippen LogP contribution in [0.25, 0.3) is 0 Å². The van der Waals surface area contributed by atoms with E-state index in [2.05, 4.69) is 24.1 Å². The Morgan fingerprint density at radius 2 is 2.09 bits per heavy atom. The molecule has 0 aromatic heterocycles. The smallest absolute Gasteiger partial charge is 0.119 e. The maximum absolute atomic E-state index is 11.4. The van der Waals surface area contributed by atoms with Crippen LogP contribution in [0.3, 0.4) is 0 Å². The van der Waals surface area contributed by atoms with Crippen molar-refractivity contribution in [2.75, 3.05) is 32.5 Å². The fourth-order valence-corrected chi connectivity index (χ4v) is 3.22. The SMILES string of the molecule is CCCCN1CC(COc2ccc(S(C)=O)cc2)NCC1C. The molecule has 0 aliphatic carbocycles. The van der Waals surface area contributed by atoms with Crippen LogP contribution in [0, 0.1) is 0 Å². The number of rotatable bonds is 7. The average Bonchev–Trinajstić information content (AvgIpc) is 2.53. The number of benzene rings is 1. The standard InChI is InChI=1S/C17H28N2O2S/c1-4-5-10-19-12-15(18-11-14(19)2)13-21-16-6-8-17(9-7-16)22(3)20/h6-9,14-15,18H,4-5,10-13H2,1-3H3. The first kappa shape index (κ1) is 17.4. The van der Waals surface area contributed by atoms with Crippen molar-refractivity contribution < 1.29 is 8.95 Å². The molecular formula is C17H28N2O2S. The molecule has 1 saturated heterocycles. The van der Waals surface area contributed by atoms with Crippen molar-refractivity contribution in [3.05, 3.63) is 24.3 Å². The summed E-state index contributed by atoms with van der Waals surface area (Å²) in [6, 6.07) is 8.51. The van der Waals surface area contributed by atoms with Crippen molar-refractivity contribution in [2.24, 2.45) is 0 Å². The summed E-state index contributed by atoms with van der Waals surface area (Å²) in [5.41, 5.74) is 0. The second kappa shape index (κ2) is 8.65. The van der Waals surface area contributed by atoms with Gasteiger partial charge in [-0.1, -0.05) is 13.3 Å². The van der Waals surface area contributed by atoms with Gasteiger partial charge in [-0.05, 0) is 44.2 Å². The summed E-state index contributed by atoms with van der Waals surface area (Å²) in [6.45, 7) is 8.42. The monoisotopic (exact) mass is 324 g/mol. The van der Waals surface area contributed by atoms with Crippen LogP contribution in [0.15, 0.2) is 29.2 Å². The number of nitrogens with one attached hydrogen (secondary N) is 1. The highest BCUT2D eigenvalue weighted by Crippen LogP contribution is 2.15. The first-order valence-electron chi connectivity index (χ1n) is 8.14. The second-order valence-corrected chi connectivity index (χ2v) is 7.42. The summed E-state index contributed by atoms with van der Waals surface area (Å²) in [6.07, 6.45) is 4.18. The molecule has 4 nitrogen and oxygen atoms in total. The van der Waals surface area contributed by atoms with Gasteiger partial charge in [0.2, 0.25) is 0 Å². The number of piperazine rings is 1. The topological polar surface area (TPSA) is 41.6 Å². The number of ether oxygens (including phenoxy) is 1. The van der Waals surface area contributed by atoms with Crippen LogP contribution < -0.4 is 10.1 Å². The van der Waals surface area contributed by atoms with Gasteiger partial charge in [-0.25, -0.2) is 0 Å². The third-order valence-electron chi connectivity index (χ3n) is 4.19. The highest BCUT2D eigenvalue weighted by molar-refractivity contribution is 7.84. The largest absolute Gasteiger partial charge is 0.492 e. The molecule has 0 radical (unpaired) electrons. The molecule has 3 unspecified atom stereocenters. The van der Waals surface area contributed by atoms with E-state index in [1.165, 1.54) is 19.4 Å². The van der Waals surface area contributed by atoms with Crippen LogP contribution in [0.5, 0.6) is 5.75 Å². The first-order valence-corrected chi connectivity index (χ1v) is 9.69. The summed E-state index contributed by atoms with van der Waals surface area (Å²) < 4.78 is 17.2. The van der Waals surface area contributed by atoms with Crippen molar-refractivity contribution in [3.8, 4) is 5.75 Å². The molecule has 124 valence electrons. The second-order valence-electron chi connectivity index (χ2n) is 6.04. The van der Waals surface area contributed by atoms with E-state index in [0.717, 1.165) is 23.7 Å². The van der Waals surface area contributed by atoms with E-state index >= 15 is 0 Å². The zero-order valence-corrected chi connectivity index (χ0v) is 14.7. The Labute approximate surface area is 136 Å². The Kier molecular flexibility index (Phi) is 6.86. The minimum Gasteiger partial charge on any atom is -0.492 e. The number of unbranched alkanes of at least 4 members (excludes halogenated alkanes) is 1. The van der Waals surface area contributed by atoms with Gasteiger partial charge in [0.05, 0.1) is 6.04 Å². The highest BCUT2D eigenvalue weighted by atomic mass is 32.2. The Bertz CT molecular complexity index is 478. The predicted molar refractivity (Wildman–Crippen MR) is 92.0 cm³/mol. The number of hydrogen-bond acceptors (Lipinski definition) is 4. The molecule has 22 heavy (non-hydrogen) atoms. The molecule has 0 amide bonds. The highest BCUT2D eigenvalue weighted by Gasteiger charge is 2.24. The quantitative estimate of drug-likeness (QED) is 0.835. The van der Waals surface area contributed by atoms with Gasteiger partial charge < -0.3 is 10.1 Å². The average molecular weight is 324 g/mol. The summed E-state index contributed by atoms with van der Waals surface area (Å²) in [5, 5.41) is 3.56. The summed E-state index contributed by atoms with van der Waals surface area (Å²) in [4.78, 5) is 3.39. The zero-order valence-electron chi connectivity index (χ0n) is 13.9. The molecule has 0 bridgehead atoms. The number of hydrogen-bond donors (Lipinski definition) is 1. The lowest BCUT2D eigenvalue weighted by atomic mass is 10.1. The van der Waals surface area contributed by atoms with Gasteiger partial charge in [0.25, 0.3) is 0 Å². The van der Waals surface area contributed by atoms with Crippen LogP contribution in [0.1, 0.15) is 26.7 Å². The fourth-order valence-electron chi connectivity index (χ4n) is 2.70. The van der Waals surface area contributed by atoms with Crippen molar-refractivity contribution >= 4 is 10.8 Å². The van der Waals surface area contributed by atoms with E-state index in [1.54, 1.807) is 6.26 Å². The van der Waals surface area contributed by atoms with Gasteiger partial charge in [-0.2, -0.15) is 0 Å². The van der Waals surface area contributed by atoms with E-state index < -0.39 is 10.8 Å². The first-order chi connectivity index (χ1) is 10.6. The normalized spacial score (nSPS) is 24.1. The molecule has 1 aliphatic heterocycles. The van der Waals surface area contributed by atoms with Gasteiger partial charge in [-0.3, -0.25) is 9.11 Å². The molecule has 1 heterocycles. The third kappa shape index (κ3) is 5.07. The molecule has 1 aliphatic rings. The van der Waals surface area contributed by atoms with E-state index in [-0.39, 0.29) is 0 Å². The Morgan fingerprint density at radius 3 is 2.73 bits per heavy atom. The molecule has 2 rings (SSSR count). The zero-order chi connectivity index (χ0) is 15.9. The molecule has 1 fully saturated rings. The van der Waals surface area contributed by atoms with E-state index in [0.29, 0.717) is 18.7 Å². The van der Waals surface area contributed by atoms with Gasteiger partial charge >= 0.3 is 0 Å². The van der Waals surface area contributed by atoms with Crippen LogP contribution in [0.4, 0.5) is 0 Å². The molecule has 1 aromatic rings. The Balaban J connectivity index is 1.82. The van der Waals surface area contributed by atoms with Crippen molar-refractivity contribution in [2.45, 2.75) is 43.7 Å². The molecule has 1 aromatic carbocycles. The minimum atomic E-state index is -0.932. The van der Waals surface area contributed by atoms with Gasteiger partial charge in [-0.15, -0.1) is 0 Å². The molecule has 0 saturated carbocycles. The lowest BCUT2D eigenvalue weighted by Gasteiger charge is -2.38. The van der Waals surface area contributed by atoms with E-state index in [1.807, 2.05) is 24.3 Å². The van der Waals surface area contributed by atoms with Crippen LogP contribution >= 0.6 is 0 Å². The third-order valence-corrected chi connectivity index (χ3v) is 5.12. The Morgan fingerprint density at radius 1 is 1.36 bits per heavy atom. The van der Waals surface area contributed by atoms with E-state index in [4.69, 9.17) is 4.74 Å². The van der Waals surface area contributed by atoms with Crippen molar-refractivity contribution in [3.63, 3.8) is 0 Å².